The second-order valence-corrected chi connectivity index (χ2v) is 9.74. The van der Waals surface area contributed by atoms with E-state index < -0.39 is 0 Å². The van der Waals surface area contributed by atoms with Gasteiger partial charge in [0, 0.05) is 62.3 Å². The van der Waals surface area contributed by atoms with Crippen molar-refractivity contribution in [1.82, 2.24) is 14.8 Å². The van der Waals surface area contributed by atoms with Gasteiger partial charge in [0.15, 0.2) is 0 Å². The van der Waals surface area contributed by atoms with Gasteiger partial charge in [0.1, 0.15) is 5.75 Å². The lowest BCUT2D eigenvalue weighted by Crippen LogP contribution is -2.44. The third kappa shape index (κ3) is 6.53. The molecule has 3 aromatic rings. The highest BCUT2D eigenvalue weighted by Gasteiger charge is 2.15. The van der Waals surface area contributed by atoms with Crippen LogP contribution in [0.4, 0.5) is 11.4 Å². The Labute approximate surface area is 210 Å². The topological polar surface area (TPSA) is 35.1 Å². The Bertz CT molecular complexity index is 1070. The molecule has 1 aliphatic heterocycles. The molecule has 1 fully saturated rings. The molecular formula is C29H39N5O. The molecule has 1 aliphatic rings. The van der Waals surface area contributed by atoms with Gasteiger partial charge >= 0.3 is 0 Å². The maximum atomic E-state index is 5.35. The van der Waals surface area contributed by atoms with E-state index in [4.69, 9.17) is 9.72 Å². The van der Waals surface area contributed by atoms with Crippen molar-refractivity contribution in [3.63, 3.8) is 0 Å². The number of methoxy groups -OCH3 is 1. The maximum absolute atomic E-state index is 5.35. The molecule has 2 heterocycles. The first-order chi connectivity index (χ1) is 16.9. The molecule has 6 heteroatoms. The van der Waals surface area contributed by atoms with Crippen LogP contribution in [0, 0.1) is 0 Å². The number of benzene rings is 2. The molecule has 0 N–H and O–H groups in total. The zero-order chi connectivity index (χ0) is 24.8. The third-order valence-corrected chi connectivity index (χ3v) is 6.77. The molecule has 1 aromatic heterocycles. The van der Waals surface area contributed by atoms with E-state index in [1.807, 2.05) is 12.1 Å². The summed E-state index contributed by atoms with van der Waals surface area (Å²) in [6.45, 7) is 6.42. The van der Waals surface area contributed by atoms with Crippen molar-refractivity contribution in [3.8, 4) is 28.3 Å². The first-order valence-electron chi connectivity index (χ1n) is 12.5. The summed E-state index contributed by atoms with van der Waals surface area (Å²) in [4.78, 5) is 14.5. The number of anilines is 2. The minimum absolute atomic E-state index is 0.852. The number of likely N-dealkylation sites (N-methyl/N-ethyl adjacent to an activating group) is 1. The van der Waals surface area contributed by atoms with E-state index in [2.05, 4.69) is 96.3 Å². The van der Waals surface area contributed by atoms with Crippen LogP contribution in [0.5, 0.6) is 5.75 Å². The molecule has 6 nitrogen and oxygen atoms in total. The van der Waals surface area contributed by atoms with E-state index >= 15 is 0 Å². The van der Waals surface area contributed by atoms with Crippen LogP contribution >= 0.6 is 0 Å². The van der Waals surface area contributed by atoms with Crippen molar-refractivity contribution in [1.29, 1.82) is 0 Å². The van der Waals surface area contributed by atoms with Crippen LogP contribution in [-0.4, -0.2) is 89.4 Å². The fourth-order valence-electron chi connectivity index (χ4n) is 4.45. The van der Waals surface area contributed by atoms with Gasteiger partial charge in [-0.15, -0.1) is 0 Å². The highest BCUT2D eigenvalue weighted by Crippen LogP contribution is 2.31. The number of hydrogen-bond acceptors (Lipinski definition) is 6. The van der Waals surface area contributed by atoms with Crippen LogP contribution in [0.1, 0.15) is 6.42 Å². The van der Waals surface area contributed by atoms with E-state index in [1.54, 1.807) is 7.11 Å². The van der Waals surface area contributed by atoms with Crippen LogP contribution < -0.4 is 14.5 Å². The van der Waals surface area contributed by atoms with Gasteiger partial charge in [0.25, 0.3) is 0 Å². The second kappa shape index (κ2) is 11.6. The quantitative estimate of drug-likeness (QED) is 0.453. The summed E-state index contributed by atoms with van der Waals surface area (Å²) in [7, 11) is 10.3. The Morgan fingerprint density at radius 2 is 1.37 bits per heavy atom. The minimum Gasteiger partial charge on any atom is -0.497 e. The number of rotatable bonds is 9. The fraction of sp³-hybridized carbons (Fsp3) is 0.414. The van der Waals surface area contributed by atoms with E-state index in [1.165, 1.54) is 11.4 Å². The summed E-state index contributed by atoms with van der Waals surface area (Å²) >= 11 is 0. The summed E-state index contributed by atoms with van der Waals surface area (Å²) in [6.07, 6.45) is 1.11. The van der Waals surface area contributed by atoms with Crippen LogP contribution in [0.3, 0.4) is 0 Å². The number of nitrogens with zero attached hydrogens (tertiary/aromatic N) is 5. The summed E-state index contributed by atoms with van der Waals surface area (Å²) in [5, 5.41) is 0. The van der Waals surface area contributed by atoms with Gasteiger partial charge in [-0.2, -0.15) is 0 Å². The first kappa shape index (κ1) is 25.0. The normalized spacial score (nSPS) is 14.4. The Morgan fingerprint density at radius 1 is 0.800 bits per heavy atom. The van der Waals surface area contributed by atoms with Crippen molar-refractivity contribution in [2.75, 3.05) is 84.4 Å². The Hall–Kier alpha value is -3.09. The standard InChI is InChI=1S/C29H39N5O/c1-31(2)15-6-16-33(4)26-21-28(30-29(22-26)24-9-13-27(35-5)14-10-24)23-7-11-25(12-8-23)34-19-17-32(3)18-20-34/h7-14,21-22H,6,15-20H2,1-5H3. The van der Waals surface area contributed by atoms with Gasteiger partial charge in [0.2, 0.25) is 0 Å². The van der Waals surface area contributed by atoms with Crippen LogP contribution in [0.2, 0.25) is 0 Å². The molecule has 0 radical (unpaired) electrons. The molecule has 186 valence electrons. The predicted octanol–water partition coefficient (Wildman–Crippen LogP) is 4.56. The summed E-state index contributed by atoms with van der Waals surface area (Å²) in [5.74, 6) is 0.852. The first-order valence-corrected chi connectivity index (χ1v) is 12.5. The number of aromatic nitrogens is 1. The number of ether oxygens (including phenoxy) is 1. The van der Waals surface area contributed by atoms with Crippen molar-refractivity contribution in [3.05, 3.63) is 60.7 Å². The fourth-order valence-corrected chi connectivity index (χ4v) is 4.45. The van der Waals surface area contributed by atoms with Crippen molar-refractivity contribution >= 4 is 11.4 Å². The molecule has 0 bridgehead atoms. The summed E-state index contributed by atoms with van der Waals surface area (Å²) in [6, 6.07) is 21.5. The molecule has 4 rings (SSSR count). The Morgan fingerprint density at radius 3 is 1.91 bits per heavy atom. The lowest BCUT2D eigenvalue weighted by Gasteiger charge is -2.34. The Kier molecular flexibility index (Phi) is 8.26. The van der Waals surface area contributed by atoms with Crippen LogP contribution in [-0.2, 0) is 0 Å². The molecule has 0 spiro atoms. The zero-order valence-electron chi connectivity index (χ0n) is 21.9. The maximum Gasteiger partial charge on any atom is 0.118 e. The molecule has 1 saturated heterocycles. The molecule has 0 amide bonds. The average molecular weight is 474 g/mol. The predicted molar refractivity (Wildman–Crippen MR) is 148 cm³/mol. The second-order valence-electron chi connectivity index (χ2n) is 9.74. The van der Waals surface area contributed by atoms with E-state index in [0.29, 0.717) is 0 Å². The third-order valence-electron chi connectivity index (χ3n) is 6.77. The smallest absolute Gasteiger partial charge is 0.118 e. The monoisotopic (exact) mass is 473 g/mol. The number of pyridine rings is 1. The number of hydrogen-bond donors (Lipinski definition) is 0. The van der Waals surface area contributed by atoms with Gasteiger partial charge < -0.3 is 24.3 Å². The van der Waals surface area contributed by atoms with Crippen molar-refractivity contribution < 1.29 is 4.74 Å². The zero-order valence-corrected chi connectivity index (χ0v) is 21.9. The highest BCUT2D eigenvalue weighted by molar-refractivity contribution is 5.73. The lowest BCUT2D eigenvalue weighted by atomic mass is 10.1. The van der Waals surface area contributed by atoms with Crippen molar-refractivity contribution in [2.45, 2.75) is 6.42 Å². The van der Waals surface area contributed by atoms with Crippen molar-refractivity contribution in [2.24, 2.45) is 0 Å². The average Bonchev–Trinajstić information content (AvgIpc) is 2.89. The molecule has 0 unspecified atom stereocenters. The van der Waals surface area contributed by atoms with Crippen LogP contribution in [0.25, 0.3) is 22.5 Å². The number of piperazine rings is 1. The molecule has 0 atom stereocenters. The van der Waals surface area contributed by atoms with Gasteiger partial charge in [-0.25, -0.2) is 4.98 Å². The molecule has 0 aliphatic carbocycles. The molecule has 35 heavy (non-hydrogen) atoms. The SMILES string of the molecule is COc1ccc(-c2cc(N(C)CCCN(C)C)cc(-c3ccc(N4CCN(C)CC4)cc3)n2)cc1. The highest BCUT2D eigenvalue weighted by atomic mass is 16.5. The van der Waals surface area contributed by atoms with E-state index in [0.717, 1.165) is 74.0 Å². The molecular weight excluding hydrogens is 434 g/mol. The summed E-state index contributed by atoms with van der Waals surface area (Å²) < 4.78 is 5.35. The lowest BCUT2D eigenvalue weighted by molar-refractivity contribution is 0.313. The summed E-state index contributed by atoms with van der Waals surface area (Å²) in [5.41, 5.74) is 6.67. The van der Waals surface area contributed by atoms with E-state index in [-0.39, 0.29) is 0 Å². The Balaban J connectivity index is 1.62. The van der Waals surface area contributed by atoms with E-state index in [9.17, 15) is 0 Å². The van der Waals surface area contributed by atoms with Gasteiger partial charge in [-0.3, -0.25) is 0 Å². The molecule has 0 saturated carbocycles. The largest absolute Gasteiger partial charge is 0.497 e. The molecule has 2 aromatic carbocycles. The van der Waals surface area contributed by atoms with Gasteiger partial charge in [0.05, 0.1) is 18.5 Å². The van der Waals surface area contributed by atoms with Crippen LogP contribution in [0.15, 0.2) is 60.7 Å². The van der Waals surface area contributed by atoms with Gasteiger partial charge in [-0.05, 0) is 82.6 Å². The van der Waals surface area contributed by atoms with Gasteiger partial charge in [-0.1, -0.05) is 12.1 Å². The minimum atomic E-state index is 0.852.